The van der Waals surface area contributed by atoms with E-state index < -0.39 is 30.1 Å². The zero-order valence-electron chi connectivity index (χ0n) is 21.2. The van der Waals surface area contributed by atoms with Crippen molar-refractivity contribution in [1.82, 2.24) is 9.66 Å². The quantitative estimate of drug-likeness (QED) is 0.182. The van der Waals surface area contributed by atoms with Crippen LogP contribution in [-0.2, 0) is 14.9 Å². The topological polar surface area (TPSA) is 138 Å². The predicted octanol–water partition coefficient (Wildman–Crippen LogP) is 3.86. The number of nitriles is 1. The number of nitrogens with zero attached hydrogens (tertiary/aromatic N) is 3. The minimum Gasteiger partial charge on any atom is -0.474 e. The fraction of sp³-hybridized carbons (Fsp3) is 0.417. The van der Waals surface area contributed by atoms with Crippen LogP contribution < -0.4 is 15.0 Å². The van der Waals surface area contributed by atoms with E-state index in [0.29, 0.717) is 17.6 Å². The van der Waals surface area contributed by atoms with Crippen molar-refractivity contribution < 1.29 is 23.1 Å². The Morgan fingerprint density at radius 2 is 1.92 bits per heavy atom. The fourth-order valence-corrected chi connectivity index (χ4v) is 4.80. The highest BCUT2D eigenvalue weighted by molar-refractivity contribution is 7.92. The largest absolute Gasteiger partial charge is 0.474 e. The van der Waals surface area contributed by atoms with E-state index in [0.717, 1.165) is 11.6 Å². The molecule has 0 radical (unpaired) electrons. The first-order valence-electron chi connectivity index (χ1n) is 11.5. The standard InChI is InChI=1S/C24H33N5O5SSi/c1-18-6-8-20(9-7-18)35(31,32)27-21-14-19-10-11-29(28-34-12-13-36(3,4)5)22(19)26-23(21)33-17-24(2,15-25)16-30/h6-11,14,27-28,30H,12-13,16-17H2,1-5H3. The van der Waals surface area contributed by atoms with Gasteiger partial charge in [-0.05, 0) is 44.2 Å². The molecule has 3 rings (SSSR count). The molecule has 3 aromatic rings. The highest BCUT2D eigenvalue weighted by atomic mass is 32.2. The number of fused-ring (bicyclic) bond motifs is 1. The van der Waals surface area contributed by atoms with Gasteiger partial charge in [0.05, 0.1) is 24.2 Å². The third-order valence-electron chi connectivity index (χ3n) is 5.47. The number of sulfonamides is 1. The second-order valence-electron chi connectivity index (χ2n) is 10.2. The maximum atomic E-state index is 13.1. The zero-order valence-corrected chi connectivity index (χ0v) is 23.0. The van der Waals surface area contributed by atoms with Crippen LogP contribution in [0.25, 0.3) is 11.0 Å². The summed E-state index contributed by atoms with van der Waals surface area (Å²) in [5.74, 6) is -0.0306. The molecule has 0 aliphatic carbocycles. The number of rotatable bonds is 12. The smallest absolute Gasteiger partial charge is 0.262 e. The van der Waals surface area contributed by atoms with E-state index in [1.807, 2.05) is 13.0 Å². The zero-order chi connectivity index (χ0) is 26.6. The van der Waals surface area contributed by atoms with E-state index in [2.05, 4.69) is 34.9 Å². The summed E-state index contributed by atoms with van der Waals surface area (Å²) in [6.07, 6.45) is 1.71. The van der Waals surface area contributed by atoms with E-state index in [1.54, 1.807) is 35.1 Å². The summed E-state index contributed by atoms with van der Waals surface area (Å²) in [6, 6.07) is 12.8. The third-order valence-corrected chi connectivity index (χ3v) is 8.55. The molecule has 2 heterocycles. The first-order valence-corrected chi connectivity index (χ1v) is 16.7. The van der Waals surface area contributed by atoms with E-state index in [1.165, 1.54) is 19.1 Å². The molecular weight excluding hydrogens is 498 g/mol. The molecule has 1 atom stereocenters. The lowest BCUT2D eigenvalue weighted by atomic mass is 9.96. The van der Waals surface area contributed by atoms with Gasteiger partial charge in [-0.3, -0.25) is 9.56 Å². The molecule has 0 saturated heterocycles. The van der Waals surface area contributed by atoms with Crippen molar-refractivity contribution in [3.05, 3.63) is 48.2 Å². The van der Waals surface area contributed by atoms with Gasteiger partial charge in [0.1, 0.15) is 17.7 Å². The van der Waals surface area contributed by atoms with Crippen LogP contribution >= 0.6 is 0 Å². The lowest BCUT2D eigenvalue weighted by Gasteiger charge is -2.20. The van der Waals surface area contributed by atoms with Crippen molar-refractivity contribution in [2.45, 2.75) is 44.4 Å². The van der Waals surface area contributed by atoms with Crippen molar-refractivity contribution in [2.75, 3.05) is 30.1 Å². The molecule has 0 aliphatic heterocycles. The number of hydrogen-bond acceptors (Lipinski definition) is 8. The number of anilines is 1. The molecule has 0 amide bonds. The normalized spacial score (nSPS) is 13.7. The summed E-state index contributed by atoms with van der Waals surface area (Å²) in [6.45, 7) is 10.1. The molecule has 1 unspecified atom stereocenters. The number of aliphatic hydroxyl groups is 1. The summed E-state index contributed by atoms with van der Waals surface area (Å²) in [4.78, 5) is 10.2. The number of aliphatic hydroxyl groups excluding tert-OH is 1. The van der Waals surface area contributed by atoms with Gasteiger partial charge in [-0.15, -0.1) is 0 Å². The molecule has 0 spiro atoms. The number of aromatic nitrogens is 2. The summed E-state index contributed by atoms with van der Waals surface area (Å²) in [5, 5.41) is 19.6. The van der Waals surface area contributed by atoms with Gasteiger partial charge < -0.3 is 9.84 Å². The van der Waals surface area contributed by atoms with E-state index in [9.17, 15) is 18.8 Å². The number of benzene rings is 1. The Hall–Kier alpha value is -3.11. The van der Waals surface area contributed by atoms with E-state index in [4.69, 9.17) is 9.57 Å². The van der Waals surface area contributed by atoms with Crippen LogP contribution in [-0.4, -0.2) is 51.1 Å². The highest BCUT2D eigenvalue weighted by Gasteiger charge is 2.26. The minimum atomic E-state index is -3.94. The molecule has 0 fully saturated rings. The second kappa shape index (κ2) is 10.9. The van der Waals surface area contributed by atoms with Crippen LogP contribution in [0, 0.1) is 23.7 Å². The van der Waals surface area contributed by atoms with Crippen LogP contribution in [0.15, 0.2) is 47.5 Å². The molecule has 0 bridgehead atoms. The van der Waals surface area contributed by atoms with Gasteiger partial charge in [0, 0.05) is 19.7 Å². The first-order chi connectivity index (χ1) is 16.9. The molecular formula is C24H33N5O5SSi. The Labute approximate surface area is 212 Å². The average molecular weight is 532 g/mol. The predicted molar refractivity (Wildman–Crippen MR) is 141 cm³/mol. The third kappa shape index (κ3) is 6.98. The Morgan fingerprint density at radius 1 is 1.22 bits per heavy atom. The van der Waals surface area contributed by atoms with Gasteiger partial charge in [-0.1, -0.05) is 37.3 Å². The Morgan fingerprint density at radius 3 is 2.53 bits per heavy atom. The maximum Gasteiger partial charge on any atom is 0.262 e. The van der Waals surface area contributed by atoms with Crippen molar-refractivity contribution in [3.8, 4) is 11.9 Å². The first kappa shape index (κ1) is 27.5. The van der Waals surface area contributed by atoms with Gasteiger partial charge in [0.2, 0.25) is 5.88 Å². The number of pyridine rings is 1. The molecule has 3 N–H and O–H groups in total. The van der Waals surface area contributed by atoms with Crippen LogP contribution in [0.1, 0.15) is 12.5 Å². The molecule has 194 valence electrons. The highest BCUT2D eigenvalue weighted by Crippen LogP contribution is 2.31. The van der Waals surface area contributed by atoms with Crippen LogP contribution in [0.4, 0.5) is 5.69 Å². The number of ether oxygens (including phenoxy) is 1. The maximum absolute atomic E-state index is 13.1. The van der Waals surface area contributed by atoms with Crippen molar-refractivity contribution in [2.24, 2.45) is 5.41 Å². The van der Waals surface area contributed by atoms with Gasteiger partial charge in [-0.2, -0.15) is 10.2 Å². The summed E-state index contributed by atoms with van der Waals surface area (Å²) < 4.78 is 36.0. The van der Waals surface area contributed by atoms with Gasteiger partial charge >= 0.3 is 0 Å². The SMILES string of the molecule is Cc1ccc(S(=O)(=O)Nc2cc3ccn(NOCC[Si](C)(C)C)c3nc2OCC(C)(C#N)CO)cc1. The van der Waals surface area contributed by atoms with Crippen molar-refractivity contribution in [1.29, 1.82) is 5.26 Å². The Kier molecular flexibility index (Phi) is 8.30. The molecule has 12 heteroatoms. The van der Waals surface area contributed by atoms with E-state index in [-0.39, 0.29) is 23.1 Å². The van der Waals surface area contributed by atoms with Crippen LogP contribution in [0.2, 0.25) is 25.7 Å². The monoisotopic (exact) mass is 531 g/mol. The lowest BCUT2D eigenvalue weighted by molar-refractivity contribution is 0.124. The van der Waals surface area contributed by atoms with Gasteiger partial charge in [-0.25, -0.2) is 18.7 Å². The Bertz CT molecular complexity index is 1350. The molecule has 0 aliphatic rings. The number of nitrogens with one attached hydrogen (secondary N) is 2. The molecule has 1 aromatic carbocycles. The van der Waals surface area contributed by atoms with Gasteiger partial charge in [0.15, 0.2) is 5.65 Å². The van der Waals surface area contributed by atoms with Crippen LogP contribution in [0.3, 0.4) is 0 Å². The van der Waals surface area contributed by atoms with Crippen molar-refractivity contribution >= 4 is 34.8 Å². The Balaban J connectivity index is 1.94. The van der Waals surface area contributed by atoms with E-state index >= 15 is 0 Å². The summed E-state index contributed by atoms with van der Waals surface area (Å²) in [5.41, 5.74) is 3.15. The summed E-state index contributed by atoms with van der Waals surface area (Å²) >= 11 is 0. The molecule has 0 saturated carbocycles. The number of hydrogen-bond donors (Lipinski definition) is 3. The minimum absolute atomic E-state index is 0.0306. The molecule has 2 aromatic heterocycles. The van der Waals surface area contributed by atoms with Crippen molar-refractivity contribution in [3.63, 3.8) is 0 Å². The lowest BCUT2D eigenvalue weighted by Crippen LogP contribution is -2.28. The summed E-state index contributed by atoms with van der Waals surface area (Å²) in [7, 11) is -5.20. The molecule has 36 heavy (non-hydrogen) atoms. The fourth-order valence-electron chi connectivity index (χ4n) is 3.04. The average Bonchev–Trinajstić information content (AvgIpc) is 3.21. The second-order valence-corrected chi connectivity index (χ2v) is 17.5. The van der Waals surface area contributed by atoms with Gasteiger partial charge in [0.25, 0.3) is 10.0 Å². The number of aryl methyl sites for hydroxylation is 1. The van der Waals surface area contributed by atoms with Crippen LogP contribution in [0.5, 0.6) is 5.88 Å². The molecule has 10 nitrogen and oxygen atoms in total.